The van der Waals surface area contributed by atoms with Gasteiger partial charge in [0.2, 0.25) is 0 Å². The van der Waals surface area contributed by atoms with E-state index in [2.05, 4.69) is 27.1 Å². The van der Waals surface area contributed by atoms with Gasteiger partial charge in [-0.2, -0.15) is 0 Å². The number of rotatable bonds is 4. The maximum absolute atomic E-state index is 14.4. The quantitative estimate of drug-likeness (QED) is 0.432. The van der Waals surface area contributed by atoms with Crippen LogP contribution in [0.1, 0.15) is 13.3 Å². The lowest BCUT2D eigenvalue weighted by molar-refractivity contribution is 0.132. The van der Waals surface area contributed by atoms with E-state index >= 15 is 0 Å². The molecule has 2 aromatic heterocycles. The zero-order valence-electron chi connectivity index (χ0n) is 18.2. The molecule has 168 valence electrons. The molecule has 3 heterocycles. The second-order valence-corrected chi connectivity index (χ2v) is 8.59. The van der Waals surface area contributed by atoms with E-state index in [0.717, 1.165) is 29.7 Å². The lowest BCUT2D eigenvalue weighted by Gasteiger charge is -2.36. The van der Waals surface area contributed by atoms with E-state index in [1.807, 2.05) is 30.3 Å². The van der Waals surface area contributed by atoms with Crippen LogP contribution in [0.3, 0.4) is 0 Å². The van der Waals surface area contributed by atoms with E-state index in [4.69, 9.17) is 0 Å². The average molecular weight is 447 g/mol. The van der Waals surface area contributed by atoms with Crippen LogP contribution in [0.4, 0.5) is 25.8 Å². The molecule has 0 saturated carbocycles. The Morgan fingerprint density at radius 2 is 1.76 bits per heavy atom. The largest absolute Gasteiger partial charge is 0.391 e. The van der Waals surface area contributed by atoms with Crippen molar-refractivity contribution >= 4 is 28.0 Å². The Morgan fingerprint density at radius 3 is 2.55 bits per heavy atom. The highest BCUT2D eigenvalue weighted by atomic mass is 19.1. The molecule has 1 fully saturated rings. The molecule has 1 aliphatic heterocycles. The van der Waals surface area contributed by atoms with E-state index in [0.29, 0.717) is 23.7 Å². The van der Waals surface area contributed by atoms with Crippen LogP contribution in [-0.2, 0) is 0 Å². The molecule has 1 aliphatic rings. The van der Waals surface area contributed by atoms with Gasteiger partial charge in [0.15, 0.2) is 0 Å². The van der Waals surface area contributed by atoms with Gasteiger partial charge < -0.3 is 15.3 Å². The number of benzene rings is 2. The first-order chi connectivity index (χ1) is 16.0. The van der Waals surface area contributed by atoms with Gasteiger partial charge in [0.05, 0.1) is 46.1 Å². The van der Waals surface area contributed by atoms with Crippen molar-refractivity contribution in [1.29, 1.82) is 0 Å². The third-order valence-electron chi connectivity index (χ3n) is 5.98. The van der Waals surface area contributed by atoms with Crippen molar-refractivity contribution in [3.05, 3.63) is 78.6 Å². The maximum Gasteiger partial charge on any atom is 0.135 e. The summed E-state index contributed by atoms with van der Waals surface area (Å²) in [6, 6.07) is 14.8. The molecule has 0 aliphatic carbocycles. The lowest BCUT2D eigenvalue weighted by atomic mass is 9.97. The van der Waals surface area contributed by atoms with Crippen LogP contribution < -0.4 is 10.2 Å². The third-order valence-corrected chi connectivity index (χ3v) is 5.98. The molecule has 7 heteroatoms. The fourth-order valence-electron chi connectivity index (χ4n) is 4.55. The van der Waals surface area contributed by atoms with Crippen LogP contribution in [0, 0.1) is 17.6 Å². The minimum Gasteiger partial charge on any atom is -0.391 e. The van der Waals surface area contributed by atoms with Gasteiger partial charge in [0.1, 0.15) is 11.6 Å². The van der Waals surface area contributed by atoms with Crippen molar-refractivity contribution in [1.82, 2.24) is 9.97 Å². The Bertz CT molecular complexity index is 1280. The zero-order valence-corrected chi connectivity index (χ0v) is 18.2. The molecule has 0 spiro atoms. The second kappa shape index (κ2) is 8.75. The zero-order chi connectivity index (χ0) is 22.9. The molecule has 5 nitrogen and oxygen atoms in total. The van der Waals surface area contributed by atoms with E-state index in [9.17, 15) is 13.9 Å². The molecule has 2 unspecified atom stereocenters. The second-order valence-electron chi connectivity index (χ2n) is 8.59. The third kappa shape index (κ3) is 4.24. The van der Waals surface area contributed by atoms with Crippen LogP contribution in [0.5, 0.6) is 0 Å². The molecular formula is C26H24F2N4O. The molecule has 2 N–H and O–H groups in total. The highest BCUT2D eigenvalue weighted by molar-refractivity contribution is 5.94. The SMILES string of the molecule is CC1CC(O)CN(c2ccncc2Nc2cccc3ccc(-c4c(F)cccc4F)nc23)C1. The predicted molar refractivity (Wildman–Crippen MR) is 127 cm³/mol. The summed E-state index contributed by atoms with van der Waals surface area (Å²) in [5, 5.41) is 14.5. The number of aliphatic hydroxyl groups is 1. The number of halogens is 2. The Morgan fingerprint density at radius 1 is 0.970 bits per heavy atom. The van der Waals surface area contributed by atoms with Crippen molar-refractivity contribution in [3.8, 4) is 11.3 Å². The number of para-hydroxylation sites is 1. The van der Waals surface area contributed by atoms with Gasteiger partial charge in [0, 0.05) is 24.7 Å². The van der Waals surface area contributed by atoms with Crippen LogP contribution in [0.15, 0.2) is 67.0 Å². The number of pyridine rings is 2. The van der Waals surface area contributed by atoms with Gasteiger partial charge in [-0.1, -0.05) is 31.2 Å². The number of aromatic nitrogens is 2. The average Bonchev–Trinajstić information content (AvgIpc) is 2.79. The highest BCUT2D eigenvalue weighted by Gasteiger charge is 2.25. The summed E-state index contributed by atoms with van der Waals surface area (Å²) in [7, 11) is 0. The standard InChI is InChI=1S/C26H24F2N4O/c1-16-12-18(33)15-32(14-16)24-10-11-29-13-23(24)30-22-7-2-4-17-8-9-21(31-26(17)22)25-19(27)5-3-6-20(25)28/h2-11,13,16,18,30,33H,12,14-15H2,1H3. The molecule has 1 saturated heterocycles. The van der Waals surface area contributed by atoms with Crippen molar-refractivity contribution < 1.29 is 13.9 Å². The first-order valence-electron chi connectivity index (χ1n) is 11.0. The number of anilines is 3. The van der Waals surface area contributed by atoms with Gasteiger partial charge in [-0.15, -0.1) is 0 Å². The smallest absolute Gasteiger partial charge is 0.135 e. The van der Waals surface area contributed by atoms with Crippen molar-refractivity contribution in [3.63, 3.8) is 0 Å². The number of nitrogens with zero attached hydrogens (tertiary/aromatic N) is 3. The minimum absolute atomic E-state index is 0.146. The molecule has 33 heavy (non-hydrogen) atoms. The number of β-amino-alcohol motifs (C(OH)–C–C–N with tert-alkyl or cyclic N) is 1. The molecule has 0 amide bonds. The summed E-state index contributed by atoms with van der Waals surface area (Å²) in [5.41, 5.74) is 3.09. The number of nitrogens with one attached hydrogen (secondary N) is 1. The Labute approximate surface area is 190 Å². The number of aliphatic hydroxyl groups excluding tert-OH is 1. The first kappa shape index (κ1) is 21.3. The van der Waals surface area contributed by atoms with Crippen molar-refractivity contribution in [2.24, 2.45) is 5.92 Å². The summed E-state index contributed by atoms with van der Waals surface area (Å²) >= 11 is 0. The number of fused-ring (bicyclic) bond motifs is 1. The predicted octanol–water partition coefficient (Wildman–Crippen LogP) is 5.53. The fraction of sp³-hybridized carbons (Fsp3) is 0.231. The van der Waals surface area contributed by atoms with Gasteiger partial charge >= 0.3 is 0 Å². The fourth-order valence-corrected chi connectivity index (χ4v) is 4.55. The number of piperidine rings is 1. The minimum atomic E-state index is -0.653. The van der Waals surface area contributed by atoms with Crippen molar-refractivity contribution in [2.75, 3.05) is 23.3 Å². The maximum atomic E-state index is 14.4. The summed E-state index contributed by atoms with van der Waals surface area (Å²) in [5.74, 6) is -0.938. The van der Waals surface area contributed by atoms with E-state index in [-0.39, 0.29) is 17.4 Å². The highest BCUT2D eigenvalue weighted by Crippen LogP contribution is 2.34. The molecule has 4 aromatic rings. The number of hydrogen-bond acceptors (Lipinski definition) is 5. The summed E-state index contributed by atoms with van der Waals surface area (Å²) in [6.07, 6.45) is 3.87. The summed E-state index contributed by atoms with van der Waals surface area (Å²) in [6.45, 7) is 3.51. The molecule has 0 radical (unpaired) electrons. The Balaban J connectivity index is 1.56. The summed E-state index contributed by atoms with van der Waals surface area (Å²) < 4.78 is 28.8. The normalized spacial score (nSPS) is 18.5. The molecule has 5 rings (SSSR count). The summed E-state index contributed by atoms with van der Waals surface area (Å²) in [4.78, 5) is 11.0. The molecule has 0 bridgehead atoms. The Hall–Kier alpha value is -3.58. The van der Waals surface area contributed by atoms with Gasteiger partial charge in [-0.05, 0) is 42.7 Å². The molecule has 2 atom stereocenters. The van der Waals surface area contributed by atoms with Gasteiger partial charge in [-0.3, -0.25) is 4.98 Å². The van der Waals surface area contributed by atoms with E-state index in [1.54, 1.807) is 18.5 Å². The molecular weight excluding hydrogens is 422 g/mol. The van der Waals surface area contributed by atoms with Crippen LogP contribution in [0.25, 0.3) is 22.2 Å². The van der Waals surface area contributed by atoms with Gasteiger partial charge in [0.25, 0.3) is 0 Å². The lowest BCUT2D eigenvalue weighted by Crippen LogP contribution is -2.42. The van der Waals surface area contributed by atoms with Crippen molar-refractivity contribution in [2.45, 2.75) is 19.4 Å². The van der Waals surface area contributed by atoms with E-state index in [1.165, 1.54) is 18.2 Å². The number of hydrogen-bond donors (Lipinski definition) is 2. The van der Waals surface area contributed by atoms with Crippen LogP contribution >= 0.6 is 0 Å². The Kier molecular flexibility index (Phi) is 5.64. The van der Waals surface area contributed by atoms with E-state index < -0.39 is 11.6 Å². The van der Waals surface area contributed by atoms with Crippen LogP contribution in [0.2, 0.25) is 0 Å². The monoisotopic (exact) mass is 446 g/mol. The molecule has 2 aromatic carbocycles. The van der Waals surface area contributed by atoms with Gasteiger partial charge in [-0.25, -0.2) is 13.8 Å². The first-order valence-corrected chi connectivity index (χ1v) is 11.0. The topological polar surface area (TPSA) is 61.3 Å². The van der Waals surface area contributed by atoms with Crippen LogP contribution in [-0.4, -0.2) is 34.3 Å².